The Morgan fingerprint density at radius 1 is 1.22 bits per heavy atom. The van der Waals surface area contributed by atoms with Gasteiger partial charge in [-0.25, -0.2) is 4.39 Å². The van der Waals surface area contributed by atoms with Gasteiger partial charge in [0.15, 0.2) is 11.6 Å². The van der Waals surface area contributed by atoms with Gasteiger partial charge in [0, 0.05) is 5.54 Å². The molecule has 5 fully saturated rings. The van der Waals surface area contributed by atoms with E-state index in [1.165, 1.54) is 56.2 Å². The molecule has 2 saturated carbocycles. The highest BCUT2D eigenvalue weighted by molar-refractivity contribution is 7.21. The van der Waals surface area contributed by atoms with E-state index in [0.717, 1.165) is 22.9 Å². The van der Waals surface area contributed by atoms with E-state index >= 15 is 0 Å². The summed E-state index contributed by atoms with van der Waals surface area (Å²) >= 11 is 1.35. The van der Waals surface area contributed by atoms with Gasteiger partial charge in [0.05, 0.1) is 21.7 Å². The molecule has 3 saturated heterocycles. The number of hydrogen-bond acceptors (Lipinski definition) is 4. The molecule has 3 aliphatic heterocycles. The van der Waals surface area contributed by atoms with E-state index in [1.54, 1.807) is 6.07 Å². The summed E-state index contributed by atoms with van der Waals surface area (Å²) in [4.78, 5) is 16.3. The SMILES string of the molecule is O=C(N[C@H]1C2CCN(CC2)C12CC2)c1cc2ccc(F)c(OC3CC3)c2s1. The first-order chi connectivity index (χ1) is 13.1. The fourth-order valence-electron chi connectivity index (χ4n) is 5.16. The monoisotopic (exact) mass is 386 g/mol. The van der Waals surface area contributed by atoms with Crippen molar-refractivity contribution < 1.29 is 13.9 Å². The molecule has 1 amide bonds. The maximum Gasteiger partial charge on any atom is 0.261 e. The van der Waals surface area contributed by atoms with Gasteiger partial charge in [-0.2, -0.15) is 0 Å². The van der Waals surface area contributed by atoms with Crippen LogP contribution >= 0.6 is 11.3 Å². The van der Waals surface area contributed by atoms with Crippen LogP contribution < -0.4 is 10.1 Å². The third kappa shape index (κ3) is 2.53. The van der Waals surface area contributed by atoms with E-state index in [2.05, 4.69) is 10.2 Å². The van der Waals surface area contributed by atoms with Crippen LogP contribution in [0.5, 0.6) is 5.75 Å². The molecular weight excluding hydrogens is 363 g/mol. The minimum absolute atomic E-state index is 0.0148. The number of benzene rings is 1. The number of carbonyl (C=O) groups excluding carboxylic acids is 1. The highest BCUT2D eigenvalue weighted by Gasteiger charge is 2.60. The lowest BCUT2D eigenvalue weighted by Gasteiger charge is -2.52. The molecule has 142 valence electrons. The molecule has 2 aliphatic carbocycles. The summed E-state index contributed by atoms with van der Waals surface area (Å²) in [5, 5.41) is 4.25. The lowest BCUT2D eigenvalue weighted by Crippen LogP contribution is -2.65. The van der Waals surface area contributed by atoms with Gasteiger partial charge in [-0.05, 0) is 75.1 Å². The van der Waals surface area contributed by atoms with Gasteiger partial charge < -0.3 is 10.1 Å². The summed E-state index contributed by atoms with van der Waals surface area (Å²) in [6.07, 6.45) is 6.86. The van der Waals surface area contributed by atoms with Gasteiger partial charge in [0.1, 0.15) is 0 Å². The number of fused-ring (bicyclic) bond motifs is 3. The molecule has 1 spiro atoms. The zero-order chi connectivity index (χ0) is 18.2. The summed E-state index contributed by atoms with van der Waals surface area (Å²) in [7, 11) is 0. The molecule has 4 nitrogen and oxygen atoms in total. The van der Waals surface area contributed by atoms with Crippen LogP contribution in [0.15, 0.2) is 18.2 Å². The molecule has 2 bridgehead atoms. The second-order valence-electron chi connectivity index (χ2n) is 8.60. The van der Waals surface area contributed by atoms with Crippen LogP contribution in [0.4, 0.5) is 4.39 Å². The number of ether oxygens (including phenoxy) is 1. The van der Waals surface area contributed by atoms with Gasteiger partial charge in [-0.15, -0.1) is 11.3 Å². The van der Waals surface area contributed by atoms with Gasteiger partial charge >= 0.3 is 0 Å². The Bertz CT molecular complexity index is 926. The minimum atomic E-state index is -0.336. The second-order valence-corrected chi connectivity index (χ2v) is 9.65. The average Bonchev–Trinajstić information content (AvgIpc) is 3.60. The average molecular weight is 386 g/mol. The van der Waals surface area contributed by atoms with E-state index in [4.69, 9.17) is 4.74 Å². The quantitative estimate of drug-likeness (QED) is 0.865. The summed E-state index contributed by atoms with van der Waals surface area (Å²) in [6, 6.07) is 5.34. The Morgan fingerprint density at radius 3 is 2.70 bits per heavy atom. The molecule has 0 radical (unpaired) electrons. The molecule has 1 aromatic heterocycles. The summed E-state index contributed by atoms with van der Waals surface area (Å²) in [6.45, 7) is 2.36. The van der Waals surface area contributed by atoms with Crippen LogP contribution in [0.1, 0.15) is 48.2 Å². The molecule has 5 aliphatic rings. The van der Waals surface area contributed by atoms with Crippen LogP contribution in [0.3, 0.4) is 0 Å². The summed E-state index contributed by atoms with van der Waals surface area (Å²) in [5.41, 5.74) is 0.222. The van der Waals surface area contributed by atoms with Gasteiger partial charge in [0.25, 0.3) is 5.91 Å². The van der Waals surface area contributed by atoms with Crippen molar-refractivity contribution in [3.05, 3.63) is 28.9 Å². The molecule has 7 rings (SSSR count). The first-order valence-corrected chi connectivity index (χ1v) is 10.9. The third-order valence-corrected chi connectivity index (χ3v) is 8.04. The molecule has 4 heterocycles. The molecule has 27 heavy (non-hydrogen) atoms. The Morgan fingerprint density at radius 2 is 2.00 bits per heavy atom. The van der Waals surface area contributed by atoms with E-state index in [-0.39, 0.29) is 29.4 Å². The highest BCUT2D eigenvalue weighted by Crippen LogP contribution is 2.53. The minimum Gasteiger partial charge on any atom is -0.486 e. The smallest absolute Gasteiger partial charge is 0.261 e. The number of nitrogens with zero attached hydrogens (tertiary/aromatic N) is 1. The van der Waals surface area contributed by atoms with E-state index in [9.17, 15) is 9.18 Å². The van der Waals surface area contributed by atoms with Crippen molar-refractivity contribution in [2.24, 2.45) is 5.92 Å². The van der Waals surface area contributed by atoms with E-state index in [0.29, 0.717) is 16.5 Å². The molecular formula is C21H23FN2O2S. The van der Waals surface area contributed by atoms with Gasteiger partial charge in [0.2, 0.25) is 0 Å². The summed E-state index contributed by atoms with van der Waals surface area (Å²) in [5.74, 6) is 0.569. The normalized spacial score (nSPS) is 30.6. The second kappa shape index (κ2) is 5.67. The van der Waals surface area contributed by atoms with Crippen LogP contribution in [0.2, 0.25) is 0 Å². The molecule has 0 unspecified atom stereocenters. The number of carbonyl (C=O) groups is 1. The number of nitrogens with one attached hydrogen (secondary N) is 1. The van der Waals surface area contributed by atoms with E-state index in [1.807, 2.05) is 6.07 Å². The molecule has 6 heteroatoms. The molecule has 1 N–H and O–H groups in total. The third-order valence-electron chi connectivity index (χ3n) is 6.89. The van der Waals surface area contributed by atoms with Crippen molar-refractivity contribution in [1.29, 1.82) is 0 Å². The lowest BCUT2D eigenvalue weighted by atomic mass is 9.77. The molecule has 1 atom stereocenters. The van der Waals surface area contributed by atoms with Crippen LogP contribution in [-0.4, -0.2) is 41.6 Å². The highest BCUT2D eigenvalue weighted by atomic mass is 32.1. The van der Waals surface area contributed by atoms with Crippen molar-refractivity contribution in [3.63, 3.8) is 0 Å². The maximum atomic E-state index is 14.3. The Balaban J connectivity index is 1.29. The predicted octanol–water partition coefficient (Wildman–Crippen LogP) is 3.94. The lowest BCUT2D eigenvalue weighted by molar-refractivity contribution is -0.00138. The number of halogens is 1. The first-order valence-electron chi connectivity index (χ1n) is 10.1. The summed E-state index contributed by atoms with van der Waals surface area (Å²) < 4.78 is 20.8. The first kappa shape index (κ1) is 16.3. The van der Waals surface area contributed by atoms with Crippen LogP contribution in [-0.2, 0) is 0 Å². The van der Waals surface area contributed by atoms with E-state index < -0.39 is 0 Å². The van der Waals surface area contributed by atoms with Crippen molar-refractivity contribution in [3.8, 4) is 5.75 Å². The van der Waals surface area contributed by atoms with Crippen molar-refractivity contribution >= 4 is 27.3 Å². The number of thiophene rings is 1. The number of piperidine rings is 3. The van der Waals surface area contributed by atoms with Gasteiger partial charge in [-0.3, -0.25) is 9.69 Å². The molecule has 2 aromatic rings. The standard InChI is InChI=1S/C21H23FN2O2S/c22-15-4-1-13-11-16(27-18(13)17(15)26-14-2-3-14)20(25)23-19-12-5-9-24(10-6-12)21(19)7-8-21/h1,4,11-12,14,19H,2-3,5-10H2,(H,23,25)/t19-/m0/s1. The maximum absolute atomic E-state index is 14.3. The van der Waals surface area contributed by atoms with Gasteiger partial charge in [-0.1, -0.05) is 6.07 Å². The Labute approximate surface area is 161 Å². The number of rotatable bonds is 4. The fraction of sp³-hybridized carbons (Fsp3) is 0.571. The zero-order valence-electron chi connectivity index (χ0n) is 15.2. The predicted molar refractivity (Wildman–Crippen MR) is 103 cm³/mol. The number of hydrogen-bond donors (Lipinski definition) is 1. The Kier molecular flexibility index (Phi) is 3.43. The van der Waals surface area contributed by atoms with Crippen LogP contribution in [0, 0.1) is 11.7 Å². The largest absolute Gasteiger partial charge is 0.486 e. The Hall–Kier alpha value is -1.66. The topological polar surface area (TPSA) is 41.6 Å². The number of amides is 1. The molecule has 1 aromatic carbocycles. The van der Waals surface area contributed by atoms with Crippen LogP contribution in [0.25, 0.3) is 10.1 Å². The van der Waals surface area contributed by atoms with Crippen molar-refractivity contribution in [2.75, 3.05) is 13.1 Å². The van der Waals surface area contributed by atoms with Crippen molar-refractivity contribution in [2.45, 2.75) is 56.2 Å². The fourth-order valence-corrected chi connectivity index (χ4v) is 6.20. The zero-order valence-corrected chi connectivity index (χ0v) is 16.0. The van der Waals surface area contributed by atoms with Crippen molar-refractivity contribution in [1.82, 2.24) is 10.2 Å².